The van der Waals surface area contributed by atoms with Gasteiger partial charge in [0.15, 0.2) is 0 Å². The molecule has 0 aliphatic heterocycles. The van der Waals surface area contributed by atoms with Crippen LogP contribution in [0.2, 0.25) is 0 Å². The molecule has 0 saturated carbocycles. The minimum atomic E-state index is -0.470. The van der Waals surface area contributed by atoms with E-state index in [1.165, 1.54) is 113 Å². The number of para-hydroxylation sites is 1. The summed E-state index contributed by atoms with van der Waals surface area (Å²) in [7, 11) is 0. The first-order chi connectivity index (χ1) is 29.3. The van der Waals surface area contributed by atoms with Crippen molar-refractivity contribution in [3.05, 3.63) is 221 Å². The molecule has 288 valence electrons. The van der Waals surface area contributed by atoms with Crippen molar-refractivity contribution < 1.29 is 0 Å². The lowest BCUT2D eigenvalue weighted by atomic mass is 9.63. The zero-order valence-electron chi connectivity index (χ0n) is 34.8. The summed E-state index contributed by atoms with van der Waals surface area (Å²) in [6.07, 6.45) is 2.36. The van der Waals surface area contributed by atoms with E-state index < -0.39 is 5.41 Å². The van der Waals surface area contributed by atoms with Crippen LogP contribution in [-0.4, -0.2) is 0 Å². The molecule has 0 fully saturated rings. The highest BCUT2D eigenvalue weighted by atomic mass is 15.1. The number of anilines is 3. The van der Waals surface area contributed by atoms with Gasteiger partial charge in [-0.3, -0.25) is 0 Å². The van der Waals surface area contributed by atoms with Crippen LogP contribution in [0.25, 0.3) is 54.9 Å². The van der Waals surface area contributed by atoms with Gasteiger partial charge in [-0.05, 0) is 131 Å². The fraction of sp³-hybridized carbons (Fsp3) is 0.153. The number of benzene rings is 9. The van der Waals surface area contributed by atoms with Gasteiger partial charge < -0.3 is 4.90 Å². The van der Waals surface area contributed by atoms with Crippen molar-refractivity contribution in [2.24, 2.45) is 0 Å². The van der Waals surface area contributed by atoms with Crippen LogP contribution in [0.4, 0.5) is 17.1 Å². The molecule has 0 amide bonds. The maximum atomic E-state index is 2.59. The number of rotatable bonds is 4. The monoisotopic (exact) mass is 769 g/mol. The lowest BCUT2D eigenvalue weighted by molar-refractivity contribution is 0.332. The smallest absolute Gasteiger partial charge is 0.0726 e. The molecule has 60 heavy (non-hydrogen) atoms. The lowest BCUT2D eigenvalue weighted by Gasteiger charge is -2.42. The van der Waals surface area contributed by atoms with E-state index in [9.17, 15) is 0 Å². The van der Waals surface area contributed by atoms with Crippen LogP contribution in [0, 0.1) is 0 Å². The van der Waals surface area contributed by atoms with Gasteiger partial charge in [0.1, 0.15) is 0 Å². The first-order valence-corrected chi connectivity index (χ1v) is 21.6. The molecule has 0 atom stereocenters. The van der Waals surface area contributed by atoms with Crippen LogP contribution in [0.15, 0.2) is 188 Å². The molecular weight excluding hydrogens is 723 g/mol. The number of nitrogens with zero attached hydrogens (tertiary/aromatic N) is 1. The Balaban J connectivity index is 1.24. The van der Waals surface area contributed by atoms with E-state index in [1.54, 1.807) is 0 Å². The van der Waals surface area contributed by atoms with E-state index in [0.29, 0.717) is 0 Å². The minimum Gasteiger partial charge on any atom is -0.309 e. The summed E-state index contributed by atoms with van der Waals surface area (Å²) < 4.78 is 0. The summed E-state index contributed by atoms with van der Waals surface area (Å²) >= 11 is 0. The molecular formula is C59H47N. The van der Waals surface area contributed by atoms with Crippen molar-refractivity contribution in [2.75, 3.05) is 4.90 Å². The molecule has 3 aliphatic rings. The van der Waals surface area contributed by atoms with E-state index >= 15 is 0 Å². The molecule has 1 heteroatoms. The fourth-order valence-corrected chi connectivity index (χ4v) is 11.5. The normalized spacial score (nSPS) is 15.9. The van der Waals surface area contributed by atoms with E-state index in [4.69, 9.17) is 0 Å². The summed E-state index contributed by atoms with van der Waals surface area (Å²) in [5.74, 6) is 0. The molecule has 0 unspecified atom stereocenters. The van der Waals surface area contributed by atoms with Gasteiger partial charge in [-0.2, -0.15) is 0 Å². The summed E-state index contributed by atoms with van der Waals surface area (Å²) in [6, 6.07) is 71.4. The van der Waals surface area contributed by atoms with Crippen molar-refractivity contribution >= 4 is 38.6 Å². The molecule has 1 nitrogen and oxygen atoms in total. The molecule has 9 aromatic rings. The predicted molar refractivity (Wildman–Crippen MR) is 253 cm³/mol. The average molecular weight is 770 g/mol. The Labute approximate surface area is 353 Å². The van der Waals surface area contributed by atoms with Gasteiger partial charge in [-0.25, -0.2) is 0 Å². The Morgan fingerprint density at radius 1 is 0.350 bits per heavy atom. The third-order valence-corrected chi connectivity index (χ3v) is 14.5. The zero-order valence-corrected chi connectivity index (χ0v) is 34.8. The van der Waals surface area contributed by atoms with E-state index in [0.717, 1.165) is 5.69 Å². The van der Waals surface area contributed by atoms with Gasteiger partial charge in [0.25, 0.3) is 0 Å². The SMILES string of the molecule is CC1(C)CCC(C)(C)c2cc(-c3cc4c(cc3N(c3ccccc3)c3cc5ccccc5c5ccccc35)C3(c5ccccc5-c5ccccc53)c3ccccc3-4)ccc21. The summed E-state index contributed by atoms with van der Waals surface area (Å²) in [5.41, 5.74) is 19.3. The van der Waals surface area contributed by atoms with Crippen molar-refractivity contribution in [2.45, 2.75) is 56.8 Å². The highest BCUT2D eigenvalue weighted by molar-refractivity contribution is 6.15. The van der Waals surface area contributed by atoms with Gasteiger partial charge in [0.05, 0.1) is 16.8 Å². The molecule has 12 rings (SSSR count). The average Bonchev–Trinajstić information content (AvgIpc) is 3.75. The van der Waals surface area contributed by atoms with Crippen LogP contribution in [0.1, 0.15) is 73.9 Å². The van der Waals surface area contributed by atoms with Gasteiger partial charge in [-0.15, -0.1) is 0 Å². The molecule has 3 aliphatic carbocycles. The van der Waals surface area contributed by atoms with E-state index in [-0.39, 0.29) is 10.8 Å². The van der Waals surface area contributed by atoms with Crippen molar-refractivity contribution in [3.63, 3.8) is 0 Å². The standard InChI is InChI=1S/C59H47N/c1-57(2)32-33-58(3,4)54-34-39(30-31-52(54)57)47-36-48-45-25-14-17-29-51(45)59(49-27-15-12-23-43(49)44-24-13-16-28-50(44)59)53(48)37-56(47)60(40-19-6-5-7-20-40)55-35-38-18-8-9-21-41(38)42-22-10-11-26-46(42)55/h5-31,34-37H,32-33H2,1-4H3. The van der Waals surface area contributed by atoms with Gasteiger partial charge >= 0.3 is 0 Å². The molecule has 0 heterocycles. The largest absolute Gasteiger partial charge is 0.309 e. The van der Waals surface area contributed by atoms with Gasteiger partial charge in [-0.1, -0.05) is 185 Å². The van der Waals surface area contributed by atoms with Crippen molar-refractivity contribution in [3.8, 4) is 33.4 Å². The number of fused-ring (bicyclic) bond motifs is 14. The molecule has 9 aromatic carbocycles. The fourth-order valence-electron chi connectivity index (χ4n) is 11.5. The number of hydrogen-bond acceptors (Lipinski definition) is 1. The first-order valence-electron chi connectivity index (χ1n) is 21.6. The first kappa shape index (κ1) is 35.3. The van der Waals surface area contributed by atoms with E-state index in [2.05, 4.69) is 221 Å². The van der Waals surface area contributed by atoms with Crippen LogP contribution in [0.3, 0.4) is 0 Å². The Kier molecular flexibility index (Phi) is 7.44. The topological polar surface area (TPSA) is 3.24 Å². The molecule has 1 spiro atoms. The van der Waals surface area contributed by atoms with Crippen LogP contribution in [-0.2, 0) is 16.2 Å². The lowest BCUT2D eigenvalue weighted by Crippen LogP contribution is -2.33. The maximum absolute atomic E-state index is 2.59. The highest BCUT2D eigenvalue weighted by Crippen LogP contribution is 2.64. The Morgan fingerprint density at radius 3 is 1.55 bits per heavy atom. The van der Waals surface area contributed by atoms with Crippen LogP contribution in [0.5, 0.6) is 0 Å². The second-order valence-corrected chi connectivity index (χ2v) is 18.7. The molecule has 0 saturated heterocycles. The van der Waals surface area contributed by atoms with E-state index in [1.807, 2.05) is 0 Å². The second kappa shape index (κ2) is 12.7. The Bertz CT molecular complexity index is 3170. The zero-order chi connectivity index (χ0) is 40.4. The Morgan fingerprint density at radius 2 is 0.883 bits per heavy atom. The quantitative estimate of drug-likeness (QED) is 0.161. The third-order valence-electron chi connectivity index (χ3n) is 14.5. The molecule has 0 aromatic heterocycles. The summed E-state index contributed by atoms with van der Waals surface area (Å²) in [4.78, 5) is 2.57. The molecule has 0 bridgehead atoms. The highest BCUT2D eigenvalue weighted by Gasteiger charge is 2.52. The van der Waals surface area contributed by atoms with Crippen molar-refractivity contribution in [1.82, 2.24) is 0 Å². The summed E-state index contributed by atoms with van der Waals surface area (Å²) in [5, 5.41) is 4.99. The van der Waals surface area contributed by atoms with Gasteiger partial charge in [0.2, 0.25) is 0 Å². The van der Waals surface area contributed by atoms with Gasteiger partial charge in [0, 0.05) is 16.6 Å². The van der Waals surface area contributed by atoms with Crippen LogP contribution < -0.4 is 4.90 Å². The summed E-state index contributed by atoms with van der Waals surface area (Å²) in [6.45, 7) is 9.75. The van der Waals surface area contributed by atoms with Crippen LogP contribution >= 0.6 is 0 Å². The number of hydrogen-bond donors (Lipinski definition) is 0. The molecule has 0 N–H and O–H groups in total. The van der Waals surface area contributed by atoms with Crippen molar-refractivity contribution in [1.29, 1.82) is 0 Å². The maximum Gasteiger partial charge on any atom is 0.0726 e. The Hall–Kier alpha value is -6.70. The predicted octanol–water partition coefficient (Wildman–Crippen LogP) is 15.8. The third kappa shape index (κ3) is 4.81. The second-order valence-electron chi connectivity index (χ2n) is 18.7. The molecule has 0 radical (unpaired) electrons. The minimum absolute atomic E-state index is 0.0688.